The van der Waals surface area contributed by atoms with Crippen LogP contribution in [0.15, 0.2) is 23.9 Å². The molecule has 0 heterocycles. The van der Waals surface area contributed by atoms with Crippen LogP contribution in [0.2, 0.25) is 0 Å². The van der Waals surface area contributed by atoms with Gasteiger partial charge in [-0.1, -0.05) is 0 Å². The summed E-state index contributed by atoms with van der Waals surface area (Å²) >= 11 is 0. The molecular formula is C13H15NO6. The molecule has 0 N–H and O–H groups in total. The van der Waals surface area contributed by atoms with Crippen LogP contribution in [-0.4, -0.2) is 31.7 Å². The van der Waals surface area contributed by atoms with Gasteiger partial charge in [-0.2, -0.15) is 0 Å². The maximum absolute atomic E-state index is 11.5. The van der Waals surface area contributed by atoms with E-state index in [0.29, 0.717) is 17.1 Å². The predicted octanol–water partition coefficient (Wildman–Crippen LogP) is 1.88. The topological polar surface area (TPSA) is 87.9 Å². The normalized spacial score (nSPS) is 10.8. The Morgan fingerprint density at radius 1 is 1.35 bits per heavy atom. The zero-order chi connectivity index (χ0) is 15.1. The Balaban J connectivity index is 3.23. The molecule has 0 amide bonds. The van der Waals surface area contributed by atoms with Gasteiger partial charge in [0.05, 0.1) is 25.7 Å². The SMILES string of the molecule is CCOC(=O)/C(=C\c1ccc(OC)cc1OC)[N+](=O)[O-]. The van der Waals surface area contributed by atoms with Gasteiger partial charge in [-0.15, -0.1) is 0 Å². The smallest absolute Gasteiger partial charge is 0.409 e. The van der Waals surface area contributed by atoms with Gasteiger partial charge in [0.15, 0.2) is 0 Å². The zero-order valence-electron chi connectivity index (χ0n) is 11.4. The zero-order valence-corrected chi connectivity index (χ0v) is 11.4. The molecule has 20 heavy (non-hydrogen) atoms. The van der Waals surface area contributed by atoms with Gasteiger partial charge in [0, 0.05) is 17.7 Å². The van der Waals surface area contributed by atoms with E-state index in [1.165, 1.54) is 14.2 Å². The van der Waals surface area contributed by atoms with E-state index in [9.17, 15) is 14.9 Å². The molecule has 0 saturated carbocycles. The average Bonchev–Trinajstić information content (AvgIpc) is 2.44. The molecule has 0 unspecified atom stereocenters. The third-order valence-electron chi connectivity index (χ3n) is 2.41. The molecule has 0 aliphatic heterocycles. The van der Waals surface area contributed by atoms with Crippen molar-refractivity contribution >= 4 is 12.0 Å². The van der Waals surface area contributed by atoms with E-state index in [-0.39, 0.29) is 6.61 Å². The molecule has 1 aromatic rings. The summed E-state index contributed by atoms with van der Waals surface area (Å²) in [5, 5.41) is 10.9. The van der Waals surface area contributed by atoms with Crippen LogP contribution in [0.5, 0.6) is 11.5 Å². The van der Waals surface area contributed by atoms with Crippen LogP contribution in [-0.2, 0) is 9.53 Å². The molecule has 0 fully saturated rings. The standard InChI is InChI=1S/C13H15NO6/c1-4-20-13(15)11(14(16)17)7-9-5-6-10(18-2)8-12(9)19-3/h5-8H,4H2,1-3H3/b11-7+. The first-order valence-electron chi connectivity index (χ1n) is 5.78. The molecule has 0 spiro atoms. The first kappa shape index (κ1) is 15.5. The summed E-state index contributed by atoms with van der Waals surface area (Å²) in [5.41, 5.74) is -0.275. The number of nitrogens with zero attached hydrogens (tertiary/aromatic N) is 1. The second-order valence-electron chi connectivity index (χ2n) is 3.62. The fraction of sp³-hybridized carbons (Fsp3) is 0.308. The fourth-order valence-electron chi connectivity index (χ4n) is 1.48. The Morgan fingerprint density at radius 2 is 2.05 bits per heavy atom. The number of hydrogen-bond donors (Lipinski definition) is 0. The minimum Gasteiger partial charge on any atom is -0.497 e. The van der Waals surface area contributed by atoms with E-state index in [2.05, 4.69) is 4.74 Å². The Morgan fingerprint density at radius 3 is 2.55 bits per heavy atom. The molecule has 0 atom stereocenters. The molecule has 108 valence electrons. The van der Waals surface area contributed by atoms with Crippen molar-refractivity contribution in [1.29, 1.82) is 0 Å². The number of esters is 1. The van der Waals surface area contributed by atoms with Crippen molar-refractivity contribution in [3.63, 3.8) is 0 Å². The quantitative estimate of drug-likeness (QED) is 0.342. The van der Waals surface area contributed by atoms with Crippen molar-refractivity contribution in [2.45, 2.75) is 6.92 Å². The number of rotatable bonds is 6. The summed E-state index contributed by atoms with van der Waals surface area (Å²) in [6, 6.07) is 4.73. The number of carbonyl (C=O) groups is 1. The average molecular weight is 281 g/mol. The predicted molar refractivity (Wildman–Crippen MR) is 71.2 cm³/mol. The largest absolute Gasteiger partial charge is 0.497 e. The summed E-state index contributed by atoms with van der Waals surface area (Å²) in [7, 11) is 2.91. The molecule has 0 aromatic heterocycles. The van der Waals surface area contributed by atoms with Crippen LogP contribution in [0.1, 0.15) is 12.5 Å². The Kier molecular flexibility index (Phi) is 5.52. The molecule has 7 nitrogen and oxygen atoms in total. The molecule has 7 heteroatoms. The molecule has 0 aliphatic carbocycles. The molecule has 0 aliphatic rings. The van der Waals surface area contributed by atoms with Gasteiger partial charge < -0.3 is 14.2 Å². The van der Waals surface area contributed by atoms with Crippen LogP contribution < -0.4 is 9.47 Å². The third-order valence-corrected chi connectivity index (χ3v) is 2.41. The van der Waals surface area contributed by atoms with Gasteiger partial charge in [-0.25, -0.2) is 4.79 Å². The minimum atomic E-state index is -0.990. The fourth-order valence-corrected chi connectivity index (χ4v) is 1.48. The van der Waals surface area contributed by atoms with Crippen molar-refractivity contribution in [2.24, 2.45) is 0 Å². The van der Waals surface area contributed by atoms with Crippen LogP contribution in [0.25, 0.3) is 6.08 Å². The lowest BCUT2D eigenvalue weighted by molar-refractivity contribution is -0.419. The van der Waals surface area contributed by atoms with Crippen LogP contribution >= 0.6 is 0 Å². The molecule has 1 aromatic carbocycles. The van der Waals surface area contributed by atoms with Gasteiger partial charge in [-0.3, -0.25) is 10.1 Å². The minimum absolute atomic E-state index is 0.0593. The molecule has 0 saturated heterocycles. The second kappa shape index (κ2) is 7.13. The van der Waals surface area contributed by atoms with E-state index in [1.807, 2.05) is 0 Å². The maximum Gasteiger partial charge on any atom is 0.409 e. The lowest BCUT2D eigenvalue weighted by Gasteiger charge is -2.07. The highest BCUT2D eigenvalue weighted by molar-refractivity contribution is 5.91. The highest BCUT2D eigenvalue weighted by Gasteiger charge is 2.24. The lowest BCUT2D eigenvalue weighted by Crippen LogP contribution is -2.14. The van der Waals surface area contributed by atoms with Gasteiger partial charge in [-0.05, 0) is 19.1 Å². The van der Waals surface area contributed by atoms with Gasteiger partial charge >= 0.3 is 11.7 Å². The first-order chi connectivity index (χ1) is 9.53. The second-order valence-corrected chi connectivity index (χ2v) is 3.62. The van der Waals surface area contributed by atoms with E-state index in [4.69, 9.17) is 9.47 Å². The molecule has 0 bridgehead atoms. The van der Waals surface area contributed by atoms with Crippen LogP contribution in [0, 0.1) is 10.1 Å². The summed E-state index contributed by atoms with van der Waals surface area (Å²) < 4.78 is 14.8. The summed E-state index contributed by atoms with van der Waals surface area (Å²) in [4.78, 5) is 21.6. The van der Waals surface area contributed by atoms with E-state index >= 15 is 0 Å². The number of methoxy groups -OCH3 is 2. The number of ether oxygens (including phenoxy) is 3. The number of carbonyl (C=O) groups excluding carboxylic acids is 1. The van der Waals surface area contributed by atoms with E-state index < -0.39 is 16.6 Å². The van der Waals surface area contributed by atoms with Crippen LogP contribution in [0.4, 0.5) is 0 Å². The van der Waals surface area contributed by atoms with Crippen LogP contribution in [0.3, 0.4) is 0 Å². The van der Waals surface area contributed by atoms with Gasteiger partial charge in [0.1, 0.15) is 11.5 Å². The summed E-state index contributed by atoms with van der Waals surface area (Å²) in [6.07, 6.45) is 1.11. The van der Waals surface area contributed by atoms with Crippen molar-refractivity contribution in [1.82, 2.24) is 0 Å². The van der Waals surface area contributed by atoms with Crippen molar-refractivity contribution < 1.29 is 23.9 Å². The van der Waals surface area contributed by atoms with Crippen molar-refractivity contribution in [2.75, 3.05) is 20.8 Å². The molecule has 1 rings (SSSR count). The number of benzene rings is 1. The van der Waals surface area contributed by atoms with Crippen molar-refractivity contribution in [3.8, 4) is 11.5 Å². The van der Waals surface area contributed by atoms with Gasteiger partial charge in [0.2, 0.25) is 0 Å². The summed E-state index contributed by atoms with van der Waals surface area (Å²) in [5.74, 6) is -0.0962. The Hall–Kier alpha value is -2.57. The number of nitro groups is 1. The van der Waals surface area contributed by atoms with E-state index in [1.54, 1.807) is 25.1 Å². The molecular weight excluding hydrogens is 266 g/mol. The maximum atomic E-state index is 11.5. The molecule has 0 radical (unpaired) electrons. The monoisotopic (exact) mass is 281 g/mol. The highest BCUT2D eigenvalue weighted by Crippen LogP contribution is 2.26. The summed E-state index contributed by atoms with van der Waals surface area (Å²) in [6.45, 7) is 1.63. The Labute approximate surface area is 115 Å². The van der Waals surface area contributed by atoms with Gasteiger partial charge in [0.25, 0.3) is 0 Å². The number of hydrogen-bond acceptors (Lipinski definition) is 6. The highest BCUT2D eigenvalue weighted by atomic mass is 16.6. The van der Waals surface area contributed by atoms with E-state index in [0.717, 1.165) is 6.08 Å². The first-order valence-corrected chi connectivity index (χ1v) is 5.78. The third kappa shape index (κ3) is 3.71. The lowest BCUT2D eigenvalue weighted by atomic mass is 10.1. The van der Waals surface area contributed by atoms with Crippen molar-refractivity contribution in [3.05, 3.63) is 39.6 Å². The Bertz CT molecular complexity index is 538.